The zero-order valence-corrected chi connectivity index (χ0v) is 10.7. The average Bonchev–Trinajstić information content (AvgIpc) is 2.98. The molecule has 0 aliphatic rings. The summed E-state index contributed by atoms with van der Waals surface area (Å²) in [5.74, 6) is -0.416. The van der Waals surface area contributed by atoms with Crippen LogP contribution in [0.3, 0.4) is 0 Å². The van der Waals surface area contributed by atoms with Gasteiger partial charge < -0.3 is 14.8 Å². The minimum Gasteiger partial charge on any atom is -0.459 e. The van der Waals surface area contributed by atoms with Crippen molar-refractivity contribution in [1.29, 1.82) is 0 Å². The number of alkyl halides is 3. The predicted molar refractivity (Wildman–Crippen MR) is 67.4 cm³/mol. The molecule has 1 atom stereocenters. The third kappa shape index (κ3) is 3.85. The van der Waals surface area contributed by atoms with E-state index in [1.807, 2.05) is 0 Å². The molecule has 0 fully saturated rings. The summed E-state index contributed by atoms with van der Waals surface area (Å²) < 4.78 is 42.1. The van der Waals surface area contributed by atoms with Crippen LogP contribution in [-0.2, 0) is 6.18 Å². The number of hydrogen-bond acceptors (Lipinski definition) is 3. The summed E-state index contributed by atoms with van der Waals surface area (Å²) in [7, 11) is 0. The molecular weight excluding hydrogens is 287 g/mol. The van der Waals surface area contributed by atoms with Crippen LogP contribution in [0.4, 0.5) is 13.2 Å². The lowest BCUT2D eigenvalue weighted by molar-refractivity contribution is -0.137. The summed E-state index contributed by atoms with van der Waals surface area (Å²) in [5, 5.41) is 12.3. The quantitative estimate of drug-likeness (QED) is 0.912. The predicted octanol–water partition coefficient (Wildman–Crippen LogP) is 2.76. The third-order valence-corrected chi connectivity index (χ3v) is 2.82. The van der Waals surface area contributed by atoms with Crippen molar-refractivity contribution >= 4 is 5.91 Å². The number of rotatable bonds is 4. The molecule has 1 heterocycles. The van der Waals surface area contributed by atoms with Gasteiger partial charge in [-0.2, -0.15) is 13.2 Å². The van der Waals surface area contributed by atoms with Crippen LogP contribution < -0.4 is 5.32 Å². The SMILES string of the molecule is O=C(NC[C@H](O)c1ccc(C(F)(F)F)cc1)c1ccco1. The fraction of sp³-hybridized carbons (Fsp3) is 0.214. The monoisotopic (exact) mass is 299 g/mol. The van der Waals surface area contributed by atoms with Crippen molar-refractivity contribution in [3.05, 3.63) is 59.5 Å². The smallest absolute Gasteiger partial charge is 0.416 e. The van der Waals surface area contributed by atoms with Crippen LogP contribution in [0.5, 0.6) is 0 Å². The lowest BCUT2D eigenvalue weighted by Crippen LogP contribution is -2.28. The van der Waals surface area contributed by atoms with Crippen LogP contribution in [0.1, 0.15) is 27.8 Å². The fourth-order valence-electron chi connectivity index (χ4n) is 1.70. The maximum atomic E-state index is 12.4. The standard InChI is InChI=1S/C14H12F3NO3/c15-14(16,17)10-5-3-9(4-6-10)11(19)8-18-13(20)12-2-1-7-21-12/h1-7,11,19H,8H2,(H,18,20)/t11-/m0/s1. The van der Waals surface area contributed by atoms with Crippen molar-refractivity contribution in [2.75, 3.05) is 6.54 Å². The van der Waals surface area contributed by atoms with E-state index in [-0.39, 0.29) is 17.9 Å². The zero-order chi connectivity index (χ0) is 15.5. The van der Waals surface area contributed by atoms with E-state index in [2.05, 4.69) is 5.32 Å². The highest BCUT2D eigenvalue weighted by Gasteiger charge is 2.30. The van der Waals surface area contributed by atoms with Crippen LogP contribution in [0, 0.1) is 0 Å². The van der Waals surface area contributed by atoms with Gasteiger partial charge in [0.25, 0.3) is 5.91 Å². The number of halogens is 3. The molecule has 0 bridgehead atoms. The number of furan rings is 1. The summed E-state index contributed by atoms with van der Waals surface area (Å²) in [6.45, 7) is -0.134. The van der Waals surface area contributed by atoms with Crippen LogP contribution >= 0.6 is 0 Å². The van der Waals surface area contributed by atoms with E-state index in [0.717, 1.165) is 12.1 Å². The molecule has 0 saturated heterocycles. The molecule has 4 nitrogen and oxygen atoms in total. The molecule has 0 aliphatic heterocycles. The maximum absolute atomic E-state index is 12.4. The first kappa shape index (κ1) is 15.1. The Hall–Kier alpha value is -2.28. The summed E-state index contributed by atoms with van der Waals surface area (Å²) in [6, 6.07) is 7.11. The number of nitrogens with one attached hydrogen (secondary N) is 1. The first-order valence-electron chi connectivity index (χ1n) is 6.05. The highest BCUT2D eigenvalue weighted by molar-refractivity contribution is 5.91. The van der Waals surface area contributed by atoms with E-state index in [9.17, 15) is 23.1 Å². The van der Waals surface area contributed by atoms with Gasteiger partial charge >= 0.3 is 6.18 Å². The van der Waals surface area contributed by atoms with Gasteiger partial charge in [0, 0.05) is 6.54 Å². The third-order valence-electron chi connectivity index (χ3n) is 2.82. The Morgan fingerprint density at radius 3 is 2.43 bits per heavy atom. The number of hydrogen-bond donors (Lipinski definition) is 2. The van der Waals surface area contributed by atoms with E-state index in [1.54, 1.807) is 6.07 Å². The Balaban J connectivity index is 1.94. The van der Waals surface area contributed by atoms with Gasteiger partial charge in [-0.25, -0.2) is 0 Å². The van der Waals surface area contributed by atoms with Gasteiger partial charge in [-0.1, -0.05) is 12.1 Å². The molecule has 2 N–H and O–H groups in total. The molecule has 1 aromatic heterocycles. The van der Waals surface area contributed by atoms with Crippen LogP contribution in [0.25, 0.3) is 0 Å². The van der Waals surface area contributed by atoms with E-state index in [0.29, 0.717) is 0 Å². The van der Waals surface area contributed by atoms with Crippen molar-refractivity contribution in [2.45, 2.75) is 12.3 Å². The Bertz CT molecular complexity index is 591. The summed E-state index contributed by atoms with van der Waals surface area (Å²) >= 11 is 0. The summed E-state index contributed by atoms with van der Waals surface area (Å²) in [5.41, 5.74) is -0.513. The lowest BCUT2D eigenvalue weighted by Gasteiger charge is -2.13. The molecule has 0 saturated carbocycles. The molecule has 2 aromatic rings. The van der Waals surface area contributed by atoms with Gasteiger partial charge in [0.15, 0.2) is 5.76 Å². The second-order valence-corrected chi connectivity index (χ2v) is 4.32. The van der Waals surface area contributed by atoms with E-state index in [4.69, 9.17) is 4.42 Å². The van der Waals surface area contributed by atoms with Crippen LogP contribution in [0.15, 0.2) is 47.1 Å². The van der Waals surface area contributed by atoms with Crippen molar-refractivity contribution < 1.29 is 27.5 Å². The van der Waals surface area contributed by atoms with Crippen LogP contribution in [-0.4, -0.2) is 17.6 Å². The highest BCUT2D eigenvalue weighted by Crippen LogP contribution is 2.29. The molecule has 0 spiro atoms. The largest absolute Gasteiger partial charge is 0.459 e. The molecular formula is C14H12F3NO3. The molecule has 0 unspecified atom stereocenters. The molecule has 1 aromatic carbocycles. The Morgan fingerprint density at radius 2 is 1.90 bits per heavy atom. The van der Waals surface area contributed by atoms with Gasteiger partial charge in [0.05, 0.1) is 17.9 Å². The van der Waals surface area contributed by atoms with E-state index >= 15 is 0 Å². The maximum Gasteiger partial charge on any atom is 0.416 e. The fourth-order valence-corrected chi connectivity index (χ4v) is 1.70. The van der Waals surface area contributed by atoms with Crippen molar-refractivity contribution in [2.24, 2.45) is 0 Å². The number of carbonyl (C=O) groups is 1. The number of amides is 1. The first-order chi connectivity index (χ1) is 9.88. The minimum atomic E-state index is -4.42. The Kier molecular flexibility index (Phi) is 4.32. The minimum absolute atomic E-state index is 0.0922. The van der Waals surface area contributed by atoms with Gasteiger partial charge in [-0.05, 0) is 29.8 Å². The lowest BCUT2D eigenvalue weighted by atomic mass is 10.1. The molecule has 21 heavy (non-hydrogen) atoms. The molecule has 0 radical (unpaired) electrons. The molecule has 2 rings (SSSR count). The van der Waals surface area contributed by atoms with Crippen molar-refractivity contribution in [1.82, 2.24) is 5.32 Å². The van der Waals surface area contributed by atoms with Gasteiger partial charge in [-0.15, -0.1) is 0 Å². The normalized spacial score (nSPS) is 13.0. The number of aliphatic hydroxyl groups excluding tert-OH is 1. The molecule has 0 aliphatic carbocycles. The second kappa shape index (κ2) is 6.01. The zero-order valence-electron chi connectivity index (χ0n) is 10.7. The Morgan fingerprint density at radius 1 is 1.24 bits per heavy atom. The van der Waals surface area contributed by atoms with E-state index in [1.165, 1.54) is 24.5 Å². The van der Waals surface area contributed by atoms with Gasteiger partial charge in [0.1, 0.15) is 0 Å². The van der Waals surface area contributed by atoms with Crippen LogP contribution in [0.2, 0.25) is 0 Å². The number of aliphatic hydroxyl groups is 1. The summed E-state index contributed by atoms with van der Waals surface area (Å²) in [4.78, 5) is 11.6. The summed E-state index contributed by atoms with van der Waals surface area (Å²) in [6.07, 6.45) is -4.19. The van der Waals surface area contributed by atoms with Crippen molar-refractivity contribution in [3.8, 4) is 0 Å². The molecule has 7 heteroatoms. The topological polar surface area (TPSA) is 62.5 Å². The average molecular weight is 299 g/mol. The van der Waals surface area contributed by atoms with E-state index < -0.39 is 23.8 Å². The first-order valence-corrected chi connectivity index (χ1v) is 6.05. The highest BCUT2D eigenvalue weighted by atomic mass is 19.4. The molecule has 112 valence electrons. The molecule has 1 amide bonds. The van der Waals surface area contributed by atoms with Gasteiger partial charge in [0.2, 0.25) is 0 Å². The van der Waals surface area contributed by atoms with Gasteiger partial charge in [-0.3, -0.25) is 4.79 Å². The Labute approximate surface area is 118 Å². The second-order valence-electron chi connectivity index (χ2n) is 4.32. The number of benzene rings is 1. The van der Waals surface area contributed by atoms with Crippen molar-refractivity contribution in [3.63, 3.8) is 0 Å². The number of carbonyl (C=O) groups excluding carboxylic acids is 1.